The highest BCUT2D eigenvalue weighted by atomic mass is 79.9. The van der Waals surface area contributed by atoms with Gasteiger partial charge in [0.25, 0.3) is 5.69 Å². The van der Waals surface area contributed by atoms with Gasteiger partial charge in [-0.3, -0.25) is 10.1 Å². The summed E-state index contributed by atoms with van der Waals surface area (Å²) in [7, 11) is 0. The van der Waals surface area contributed by atoms with Crippen LogP contribution in [0.1, 0.15) is 11.1 Å². The predicted octanol–water partition coefficient (Wildman–Crippen LogP) is 4.30. The zero-order chi connectivity index (χ0) is 14.9. The molecule has 2 aromatic rings. The van der Waals surface area contributed by atoms with Gasteiger partial charge in [-0.05, 0) is 41.4 Å². The van der Waals surface area contributed by atoms with E-state index in [1.165, 1.54) is 13.0 Å². The summed E-state index contributed by atoms with van der Waals surface area (Å²) in [6, 6.07) is 3.77. The lowest BCUT2D eigenvalue weighted by atomic mass is 10.2. The zero-order valence-electron chi connectivity index (χ0n) is 10.7. The number of nitrogens with zero attached hydrogens (tertiary/aromatic N) is 2. The quantitative estimate of drug-likeness (QED) is 0.617. The molecule has 0 amide bonds. The summed E-state index contributed by atoms with van der Waals surface area (Å²) in [5.74, 6) is -0.676. The molecule has 2 rings (SSSR count). The van der Waals surface area contributed by atoms with Crippen LogP contribution in [0.3, 0.4) is 0 Å². The molecule has 0 radical (unpaired) electrons. The molecule has 20 heavy (non-hydrogen) atoms. The Morgan fingerprint density at radius 2 is 2.00 bits per heavy atom. The van der Waals surface area contributed by atoms with Crippen LogP contribution in [0, 0.1) is 29.8 Å². The Morgan fingerprint density at radius 3 is 2.60 bits per heavy atom. The van der Waals surface area contributed by atoms with Crippen molar-refractivity contribution in [1.29, 1.82) is 0 Å². The van der Waals surface area contributed by atoms with Gasteiger partial charge in [-0.2, -0.15) is 0 Å². The maximum atomic E-state index is 13.8. The Kier molecular flexibility index (Phi) is 3.99. The first-order chi connectivity index (χ1) is 9.38. The van der Waals surface area contributed by atoms with E-state index in [-0.39, 0.29) is 17.3 Å². The van der Waals surface area contributed by atoms with Gasteiger partial charge in [-0.1, -0.05) is 0 Å². The van der Waals surface area contributed by atoms with Crippen molar-refractivity contribution in [3.8, 4) is 11.6 Å². The molecule has 0 aliphatic carbocycles. The van der Waals surface area contributed by atoms with Crippen LogP contribution < -0.4 is 4.74 Å². The summed E-state index contributed by atoms with van der Waals surface area (Å²) in [6.45, 7) is 3.36. The predicted molar refractivity (Wildman–Crippen MR) is 74.5 cm³/mol. The molecular formula is C13H10BrFN2O3. The molecule has 0 bridgehead atoms. The lowest BCUT2D eigenvalue weighted by Crippen LogP contribution is -1.97. The van der Waals surface area contributed by atoms with Crippen molar-refractivity contribution < 1.29 is 14.1 Å². The smallest absolute Gasteiger partial charge is 0.275 e. The number of benzene rings is 1. The van der Waals surface area contributed by atoms with Gasteiger partial charge in [0.2, 0.25) is 5.88 Å². The number of rotatable bonds is 3. The molecule has 1 aromatic heterocycles. The molecule has 0 atom stereocenters. The highest BCUT2D eigenvalue weighted by Gasteiger charge is 2.17. The molecule has 0 saturated heterocycles. The van der Waals surface area contributed by atoms with Crippen LogP contribution in [0.2, 0.25) is 0 Å². The first-order valence-corrected chi connectivity index (χ1v) is 6.42. The fourth-order valence-electron chi connectivity index (χ4n) is 1.60. The Hall–Kier alpha value is -2.02. The van der Waals surface area contributed by atoms with Crippen LogP contribution in [0.15, 0.2) is 28.9 Å². The number of hydrogen-bond acceptors (Lipinski definition) is 4. The normalized spacial score (nSPS) is 10.4. The van der Waals surface area contributed by atoms with Gasteiger partial charge in [-0.15, -0.1) is 0 Å². The number of nitro benzene ring substituents is 1. The maximum Gasteiger partial charge on any atom is 0.275 e. The summed E-state index contributed by atoms with van der Waals surface area (Å²) in [6.07, 6.45) is 1.54. The summed E-state index contributed by atoms with van der Waals surface area (Å²) in [5.41, 5.74) is 0.920. The number of pyridine rings is 1. The van der Waals surface area contributed by atoms with Crippen molar-refractivity contribution in [2.75, 3.05) is 0 Å². The van der Waals surface area contributed by atoms with E-state index < -0.39 is 10.7 Å². The SMILES string of the molecule is Cc1cc(Oc2cc(C)c([N+](=O)[O-])cc2F)ncc1Br. The largest absolute Gasteiger partial charge is 0.436 e. The number of aryl methyl sites for hydroxylation is 2. The molecule has 1 aromatic carbocycles. The van der Waals surface area contributed by atoms with Crippen molar-refractivity contribution in [3.05, 3.63) is 55.9 Å². The Labute approximate surface area is 122 Å². The molecule has 0 aliphatic heterocycles. The van der Waals surface area contributed by atoms with Crippen LogP contribution in [0.4, 0.5) is 10.1 Å². The summed E-state index contributed by atoms with van der Waals surface area (Å²) < 4.78 is 19.9. The molecule has 0 saturated carbocycles. The summed E-state index contributed by atoms with van der Waals surface area (Å²) >= 11 is 3.30. The fraction of sp³-hybridized carbons (Fsp3) is 0.154. The number of nitro groups is 1. The average molecular weight is 341 g/mol. The van der Waals surface area contributed by atoms with Crippen molar-refractivity contribution in [2.24, 2.45) is 0 Å². The van der Waals surface area contributed by atoms with E-state index in [1.54, 1.807) is 12.3 Å². The first-order valence-electron chi connectivity index (χ1n) is 5.63. The second kappa shape index (κ2) is 5.54. The average Bonchev–Trinajstić information content (AvgIpc) is 2.37. The second-order valence-corrected chi connectivity index (χ2v) is 5.05. The van der Waals surface area contributed by atoms with E-state index in [1.807, 2.05) is 6.92 Å². The van der Waals surface area contributed by atoms with Crippen LogP contribution in [0.5, 0.6) is 11.6 Å². The van der Waals surface area contributed by atoms with E-state index in [0.717, 1.165) is 16.1 Å². The van der Waals surface area contributed by atoms with E-state index in [0.29, 0.717) is 5.56 Å². The van der Waals surface area contributed by atoms with Crippen molar-refractivity contribution >= 4 is 21.6 Å². The van der Waals surface area contributed by atoms with Gasteiger partial charge < -0.3 is 4.74 Å². The standard InChI is InChI=1S/C13H10BrFN2O3/c1-7-4-13(16-6-9(7)14)20-12-3-8(2)11(17(18)19)5-10(12)15/h3-6H,1-2H3. The minimum absolute atomic E-state index is 0.0951. The molecule has 104 valence electrons. The number of ether oxygens (including phenoxy) is 1. The molecule has 1 heterocycles. The molecule has 0 fully saturated rings. The monoisotopic (exact) mass is 340 g/mol. The second-order valence-electron chi connectivity index (χ2n) is 4.20. The molecule has 0 unspecified atom stereocenters. The highest BCUT2D eigenvalue weighted by molar-refractivity contribution is 9.10. The van der Waals surface area contributed by atoms with E-state index >= 15 is 0 Å². The molecule has 7 heteroatoms. The Morgan fingerprint density at radius 1 is 1.30 bits per heavy atom. The van der Waals surface area contributed by atoms with E-state index in [4.69, 9.17) is 4.74 Å². The number of hydrogen-bond donors (Lipinski definition) is 0. The third kappa shape index (κ3) is 2.93. The minimum Gasteiger partial charge on any atom is -0.436 e. The van der Waals surface area contributed by atoms with Gasteiger partial charge in [0.1, 0.15) is 0 Å². The van der Waals surface area contributed by atoms with Crippen LogP contribution in [-0.4, -0.2) is 9.91 Å². The topological polar surface area (TPSA) is 65.3 Å². The van der Waals surface area contributed by atoms with Crippen molar-refractivity contribution in [1.82, 2.24) is 4.98 Å². The third-order valence-corrected chi connectivity index (χ3v) is 3.51. The molecule has 5 nitrogen and oxygen atoms in total. The molecule has 0 aliphatic rings. The van der Waals surface area contributed by atoms with Gasteiger partial charge in [0, 0.05) is 22.3 Å². The zero-order valence-corrected chi connectivity index (χ0v) is 12.3. The molecule has 0 spiro atoms. The lowest BCUT2D eigenvalue weighted by molar-refractivity contribution is -0.385. The van der Waals surface area contributed by atoms with Crippen LogP contribution >= 0.6 is 15.9 Å². The number of halogens is 2. The fourth-order valence-corrected chi connectivity index (χ4v) is 1.82. The molecular weight excluding hydrogens is 331 g/mol. The van der Waals surface area contributed by atoms with Gasteiger partial charge in [0.05, 0.1) is 11.0 Å². The number of aromatic nitrogens is 1. The highest BCUT2D eigenvalue weighted by Crippen LogP contribution is 2.30. The van der Waals surface area contributed by atoms with Crippen molar-refractivity contribution in [2.45, 2.75) is 13.8 Å². The summed E-state index contributed by atoms with van der Waals surface area (Å²) in [5, 5.41) is 10.7. The van der Waals surface area contributed by atoms with Gasteiger partial charge in [0.15, 0.2) is 11.6 Å². The Bertz CT molecular complexity index is 692. The maximum absolute atomic E-state index is 13.8. The minimum atomic E-state index is -0.801. The van der Waals surface area contributed by atoms with Gasteiger partial charge in [-0.25, -0.2) is 9.37 Å². The summed E-state index contributed by atoms with van der Waals surface area (Å²) in [4.78, 5) is 14.1. The van der Waals surface area contributed by atoms with E-state index in [9.17, 15) is 14.5 Å². The molecule has 0 N–H and O–H groups in total. The van der Waals surface area contributed by atoms with Crippen molar-refractivity contribution in [3.63, 3.8) is 0 Å². The Balaban J connectivity index is 2.36. The van der Waals surface area contributed by atoms with Crippen LogP contribution in [0.25, 0.3) is 0 Å². The van der Waals surface area contributed by atoms with Gasteiger partial charge >= 0.3 is 0 Å². The lowest BCUT2D eigenvalue weighted by Gasteiger charge is -2.08. The van der Waals surface area contributed by atoms with E-state index in [2.05, 4.69) is 20.9 Å². The first kappa shape index (κ1) is 14.4. The van der Waals surface area contributed by atoms with Crippen LogP contribution in [-0.2, 0) is 0 Å². The third-order valence-electron chi connectivity index (χ3n) is 2.68.